The molecule has 0 amide bonds. The number of halogens is 1. The molecule has 2 aromatic carbocycles. The lowest BCUT2D eigenvalue weighted by atomic mass is 10.1. The maximum absolute atomic E-state index is 6.11. The second-order valence-electron chi connectivity index (χ2n) is 6.18. The molecule has 2 heterocycles. The fourth-order valence-electron chi connectivity index (χ4n) is 2.81. The van der Waals surface area contributed by atoms with Gasteiger partial charge in [-0.15, -0.1) is 5.10 Å². The number of aryl methyl sites for hydroxylation is 1. The molecule has 4 rings (SSSR count). The monoisotopic (exact) mass is 363 g/mol. The summed E-state index contributed by atoms with van der Waals surface area (Å²) < 4.78 is 7.63. The van der Waals surface area contributed by atoms with Crippen molar-refractivity contribution in [1.82, 2.24) is 14.6 Å². The van der Waals surface area contributed by atoms with E-state index in [2.05, 4.69) is 41.3 Å². The number of hydrogen-bond acceptors (Lipinski definition) is 3. The first kappa shape index (κ1) is 16.6. The van der Waals surface area contributed by atoms with Crippen LogP contribution in [0.25, 0.3) is 16.9 Å². The van der Waals surface area contributed by atoms with Crippen LogP contribution in [0.1, 0.15) is 11.1 Å². The molecular weight excluding hydrogens is 346 g/mol. The Morgan fingerprint density at radius 2 is 1.88 bits per heavy atom. The van der Waals surface area contributed by atoms with Gasteiger partial charge in [-0.05, 0) is 30.7 Å². The van der Waals surface area contributed by atoms with E-state index in [9.17, 15) is 0 Å². The highest BCUT2D eigenvalue weighted by molar-refractivity contribution is 6.30. The summed E-state index contributed by atoms with van der Waals surface area (Å²) in [6.07, 6.45) is 2.63. The van der Waals surface area contributed by atoms with Crippen LogP contribution in [0.5, 0.6) is 5.88 Å². The van der Waals surface area contributed by atoms with Crippen LogP contribution in [-0.2, 0) is 6.42 Å². The van der Waals surface area contributed by atoms with Gasteiger partial charge in [-0.3, -0.25) is 0 Å². The fourth-order valence-corrected chi connectivity index (χ4v) is 3.00. The van der Waals surface area contributed by atoms with E-state index in [1.165, 1.54) is 11.1 Å². The molecule has 5 heteroatoms. The number of hydrogen-bond donors (Lipinski definition) is 0. The summed E-state index contributed by atoms with van der Waals surface area (Å²) in [5, 5.41) is 5.26. The Bertz CT molecular complexity index is 1040. The molecular formula is C21H18ClN3O. The summed E-state index contributed by atoms with van der Waals surface area (Å²) in [5.41, 5.74) is 5.13. The van der Waals surface area contributed by atoms with Gasteiger partial charge in [0, 0.05) is 23.1 Å². The van der Waals surface area contributed by atoms with Crippen molar-refractivity contribution in [2.75, 3.05) is 6.61 Å². The smallest absolute Gasteiger partial charge is 0.231 e. The Morgan fingerprint density at radius 3 is 2.69 bits per heavy atom. The molecule has 130 valence electrons. The molecule has 4 aromatic rings. The van der Waals surface area contributed by atoms with Crippen molar-refractivity contribution in [3.63, 3.8) is 0 Å². The van der Waals surface area contributed by atoms with E-state index in [-0.39, 0.29) is 0 Å². The van der Waals surface area contributed by atoms with Gasteiger partial charge in [0.2, 0.25) is 5.88 Å². The second-order valence-corrected chi connectivity index (χ2v) is 6.62. The first-order valence-electron chi connectivity index (χ1n) is 8.48. The van der Waals surface area contributed by atoms with Crippen molar-refractivity contribution in [2.45, 2.75) is 13.3 Å². The first-order chi connectivity index (χ1) is 12.7. The molecule has 0 spiro atoms. The van der Waals surface area contributed by atoms with Crippen molar-refractivity contribution >= 4 is 17.2 Å². The predicted octanol–water partition coefficient (Wildman–Crippen LogP) is 4.98. The zero-order valence-electron chi connectivity index (χ0n) is 14.4. The van der Waals surface area contributed by atoms with Crippen LogP contribution in [0.4, 0.5) is 0 Å². The van der Waals surface area contributed by atoms with Gasteiger partial charge < -0.3 is 4.74 Å². The molecule has 0 unspecified atom stereocenters. The van der Waals surface area contributed by atoms with Gasteiger partial charge in [-0.1, -0.05) is 53.6 Å². The molecule has 0 bridgehead atoms. The van der Waals surface area contributed by atoms with E-state index < -0.39 is 0 Å². The minimum absolute atomic E-state index is 0.572. The molecule has 0 aliphatic carbocycles. The summed E-state index contributed by atoms with van der Waals surface area (Å²) in [4.78, 5) is 4.40. The van der Waals surface area contributed by atoms with E-state index in [4.69, 9.17) is 16.3 Å². The maximum Gasteiger partial charge on any atom is 0.231 e. The predicted molar refractivity (Wildman–Crippen MR) is 104 cm³/mol. The zero-order chi connectivity index (χ0) is 17.9. The number of benzene rings is 2. The minimum Gasteiger partial charge on any atom is -0.476 e. The van der Waals surface area contributed by atoms with Crippen molar-refractivity contribution in [1.29, 1.82) is 0 Å². The number of rotatable bonds is 5. The normalized spacial score (nSPS) is 11.0. The molecule has 0 fully saturated rings. The molecule has 4 nitrogen and oxygen atoms in total. The van der Waals surface area contributed by atoms with Gasteiger partial charge in [-0.25, -0.2) is 9.50 Å². The highest BCUT2D eigenvalue weighted by Gasteiger charge is 2.09. The average molecular weight is 364 g/mol. The topological polar surface area (TPSA) is 39.4 Å². The van der Waals surface area contributed by atoms with Gasteiger partial charge >= 0.3 is 0 Å². The summed E-state index contributed by atoms with van der Waals surface area (Å²) in [6, 6.07) is 19.9. The lowest BCUT2D eigenvalue weighted by Gasteiger charge is -2.07. The van der Waals surface area contributed by atoms with Crippen molar-refractivity contribution in [2.24, 2.45) is 0 Å². The highest BCUT2D eigenvalue weighted by atomic mass is 35.5. The number of imidazole rings is 1. The van der Waals surface area contributed by atoms with Crippen LogP contribution in [0.3, 0.4) is 0 Å². The molecule has 0 aliphatic rings. The number of fused-ring (bicyclic) bond motifs is 1. The van der Waals surface area contributed by atoms with E-state index in [0.717, 1.165) is 23.3 Å². The van der Waals surface area contributed by atoms with Crippen LogP contribution in [0.2, 0.25) is 5.02 Å². The molecule has 0 N–H and O–H groups in total. The van der Waals surface area contributed by atoms with Crippen LogP contribution < -0.4 is 4.74 Å². The van der Waals surface area contributed by atoms with E-state index >= 15 is 0 Å². The van der Waals surface area contributed by atoms with Crippen molar-refractivity contribution in [3.05, 3.63) is 83.0 Å². The van der Waals surface area contributed by atoms with Gasteiger partial charge in [-0.2, -0.15) is 0 Å². The lowest BCUT2D eigenvalue weighted by molar-refractivity contribution is 0.305. The van der Waals surface area contributed by atoms with E-state index in [1.54, 1.807) is 10.7 Å². The van der Waals surface area contributed by atoms with Crippen LogP contribution >= 0.6 is 11.6 Å². The Balaban J connectivity index is 1.53. The van der Waals surface area contributed by atoms with Gasteiger partial charge in [0.25, 0.3) is 0 Å². The largest absolute Gasteiger partial charge is 0.476 e. The molecule has 0 atom stereocenters. The molecule has 26 heavy (non-hydrogen) atoms. The van der Waals surface area contributed by atoms with Crippen molar-refractivity contribution in [3.8, 4) is 17.1 Å². The number of ether oxygens (including phenoxy) is 1. The average Bonchev–Trinajstić information content (AvgIpc) is 3.07. The van der Waals surface area contributed by atoms with Gasteiger partial charge in [0.1, 0.15) is 0 Å². The minimum atomic E-state index is 0.572. The summed E-state index contributed by atoms with van der Waals surface area (Å²) in [6.45, 7) is 2.66. The maximum atomic E-state index is 6.11. The Morgan fingerprint density at radius 1 is 1.04 bits per heavy atom. The molecule has 0 radical (unpaired) electrons. The first-order valence-corrected chi connectivity index (χ1v) is 8.86. The Labute approximate surface area is 157 Å². The molecule has 0 saturated carbocycles. The van der Waals surface area contributed by atoms with Crippen LogP contribution in [0, 0.1) is 6.92 Å². The molecule has 0 saturated heterocycles. The second kappa shape index (κ2) is 7.18. The van der Waals surface area contributed by atoms with Crippen LogP contribution in [0.15, 0.2) is 66.9 Å². The number of aromatic nitrogens is 3. The van der Waals surface area contributed by atoms with Gasteiger partial charge in [0.15, 0.2) is 5.65 Å². The molecule has 2 aromatic heterocycles. The third-order valence-electron chi connectivity index (χ3n) is 4.22. The van der Waals surface area contributed by atoms with Gasteiger partial charge in [0.05, 0.1) is 18.5 Å². The van der Waals surface area contributed by atoms with Crippen molar-refractivity contribution < 1.29 is 4.74 Å². The summed E-state index contributed by atoms with van der Waals surface area (Å²) in [7, 11) is 0. The Hall–Kier alpha value is -2.85. The quantitative estimate of drug-likeness (QED) is 0.502. The van der Waals surface area contributed by atoms with E-state index in [1.807, 2.05) is 36.4 Å². The molecule has 0 aliphatic heterocycles. The third-order valence-corrected chi connectivity index (χ3v) is 4.45. The van der Waals surface area contributed by atoms with E-state index in [0.29, 0.717) is 17.5 Å². The lowest BCUT2D eigenvalue weighted by Crippen LogP contribution is -2.05. The summed E-state index contributed by atoms with van der Waals surface area (Å²) >= 11 is 6.11. The van der Waals surface area contributed by atoms with Crippen LogP contribution in [-0.4, -0.2) is 21.2 Å². The fraction of sp³-hybridized carbons (Fsp3) is 0.143. The summed E-state index contributed by atoms with van der Waals surface area (Å²) in [5.74, 6) is 0.575. The Kier molecular flexibility index (Phi) is 4.59. The zero-order valence-corrected chi connectivity index (χ0v) is 15.1. The standard InChI is InChI=1S/C21H18ClN3O/c1-15-5-7-16(8-6-15)11-12-26-21-10-9-20-23-14-19(25(20)24-21)17-3-2-4-18(22)13-17/h2-10,13-14H,11-12H2,1H3. The SMILES string of the molecule is Cc1ccc(CCOc2ccc3ncc(-c4cccc(Cl)c4)n3n2)cc1. The third kappa shape index (κ3) is 3.55. The highest BCUT2D eigenvalue weighted by Crippen LogP contribution is 2.24. The number of nitrogens with zero attached hydrogens (tertiary/aromatic N) is 3.